The molecular formula is C20H16ClN3O2. The fraction of sp³-hybridized carbons (Fsp3) is 0.100. The maximum absolute atomic E-state index is 12.9. The number of aromatic nitrogens is 3. The predicted molar refractivity (Wildman–Crippen MR) is 103 cm³/mol. The van der Waals surface area contributed by atoms with Crippen molar-refractivity contribution in [2.75, 3.05) is 7.11 Å². The molecule has 0 unspecified atom stereocenters. The van der Waals surface area contributed by atoms with E-state index in [1.807, 2.05) is 31.2 Å². The van der Waals surface area contributed by atoms with Crippen LogP contribution in [-0.4, -0.2) is 21.9 Å². The SMILES string of the molecule is COc1cccc(-c2c(C)ncc3c(=O)n(-c4ccc(Cl)cc4)[nH]c23)c1. The zero-order chi connectivity index (χ0) is 18.3. The smallest absolute Gasteiger partial charge is 0.280 e. The van der Waals surface area contributed by atoms with Gasteiger partial charge in [0, 0.05) is 22.5 Å². The summed E-state index contributed by atoms with van der Waals surface area (Å²) in [5, 5.41) is 4.37. The molecule has 0 saturated carbocycles. The highest BCUT2D eigenvalue weighted by Crippen LogP contribution is 2.31. The number of ether oxygens (including phenoxy) is 1. The first kappa shape index (κ1) is 16.4. The van der Waals surface area contributed by atoms with Gasteiger partial charge in [-0.15, -0.1) is 0 Å². The lowest BCUT2D eigenvalue weighted by Gasteiger charge is -2.08. The number of fused-ring (bicyclic) bond motifs is 1. The quantitative estimate of drug-likeness (QED) is 0.587. The monoisotopic (exact) mass is 365 g/mol. The van der Waals surface area contributed by atoms with E-state index in [0.717, 1.165) is 28.1 Å². The maximum Gasteiger partial charge on any atom is 0.280 e. The first-order valence-corrected chi connectivity index (χ1v) is 8.47. The van der Waals surface area contributed by atoms with E-state index in [0.29, 0.717) is 16.1 Å². The van der Waals surface area contributed by atoms with Crippen LogP contribution in [0.2, 0.25) is 5.02 Å². The number of aromatic amines is 1. The summed E-state index contributed by atoms with van der Waals surface area (Å²) in [5.41, 5.74) is 3.94. The summed E-state index contributed by atoms with van der Waals surface area (Å²) in [6.07, 6.45) is 1.61. The van der Waals surface area contributed by atoms with Gasteiger partial charge in [0.1, 0.15) is 5.75 Å². The molecule has 0 saturated heterocycles. The second-order valence-corrected chi connectivity index (χ2v) is 6.40. The standard InChI is InChI=1S/C20H16ClN3O2/c1-12-18(13-4-3-5-16(10-13)26-2)19-17(11-22-12)20(25)24(23-19)15-8-6-14(21)7-9-15/h3-11,23H,1-2H3. The second kappa shape index (κ2) is 6.35. The molecule has 5 nitrogen and oxygen atoms in total. The van der Waals surface area contributed by atoms with Gasteiger partial charge >= 0.3 is 0 Å². The molecule has 130 valence electrons. The Kier molecular flexibility index (Phi) is 4.01. The van der Waals surface area contributed by atoms with Gasteiger partial charge in [-0.05, 0) is 48.9 Å². The minimum atomic E-state index is -0.154. The van der Waals surface area contributed by atoms with Crippen LogP contribution in [0.4, 0.5) is 0 Å². The van der Waals surface area contributed by atoms with Crippen molar-refractivity contribution in [3.63, 3.8) is 0 Å². The van der Waals surface area contributed by atoms with Crippen LogP contribution in [0.3, 0.4) is 0 Å². The van der Waals surface area contributed by atoms with Crippen LogP contribution < -0.4 is 10.3 Å². The molecule has 0 fully saturated rings. The molecule has 0 spiro atoms. The zero-order valence-electron chi connectivity index (χ0n) is 14.3. The third-order valence-corrected chi connectivity index (χ3v) is 4.62. The van der Waals surface area contributed by atoms with Crippen molar-refractivity contribution in [2.45, 2.75) is 6.92 Å². The van der Waals surface area contributed by atoms with Crippen LogP contribution in [0.25, 0.3) is 27.7 Å². The van der Waals surface area contributed by atoms with Crippen molar-refractivity contribution >= 4 is 22.5 Å². The lowest BCUT2D eigenvalue weighted by atomic mass is 10.0. The summed E-state index contributed by atoms with van der Waals surface area (Å²) in [7, 11) is 1.63. The Morgan fingerprint density at radius 1 is 1.15 bits per heavy atom. The highest BCUT2D eigenvalue weighted by atomic mass is 35.5. The van der Waals surface area contributed by atoms with Gasteiger partial charge in [-0.25, -0.2) is 4.68 Å². The topological polar surface area (TPSA) is 59.9 Å². The molecule has 2 heterocycles. The van der Waals surface area contributed by atoms with Gasteiger partial charge < -0.3 is 4.74 Å². The lowest BCUT2D eigenvalue weighted by molar-refractivity contribution is 0.415. The Bertz CT molecular complexity index is 1160. The van der Waals surface area contributed by atoms with E-state index in [-0.39, 0.29) is 5.56 Å². The van der Waals surface area contributed by atoms with E-state index in [9.17, 15) is 4.79 Å². The Labute approximate surface area is 154 Å². The first-order chi connectivity index (χ1) is 12.6. The third kappa shape index (κ3) is 2.66. The Morgan fingerprint density at radius 3 is 2.65 bits per heavy atom. The number of nitrogens with zero attached hydrogens (tertiary/aromatic N) is 2. The van der Waals surface area contributed by atoms with Crippen molar-refractivity contribution in [1.29, 1.82) is 0 Å². The van der Waals surface area contributed by atoms with E-state index < -0.39 is 0 Å². The number of methoxy groups -OCH3 is 1. The normalized spacial score (nSPS) is 11.0. The fourth-order valence-electron chi connectivity index (χ4n) is 3.07. The van der Waals surface area contributed by atoms with Gasteiger partial charge in [-0.1, -0.05) is 23.7 Å². The van der Waals surface area contributed by atoms with Gasteiger partial charge in [-0.2, -0.15) is 0 Å². The molecule has 6 heteroatoms. The van der Waals surface area contributed by atoms with Crippen molar-refractivity contribution in [3.05, 3.63) is 75.8 Å². The number of benzene rings is 2. The summed E-state index contributed by atoms with van der Waals surface area (Å²) in [4.78, 5) is 17.3. The third-order valence-electron chi connectivity index (χ3n) is 4.37. The molecular weight excluding hydrogens is 350 g/mol. The largest absolute Gasteiger partial charge is 0.497 e. The molecule has 0 aliphatic heterocycles. The molecule has 26 heavy (non-hydrogen) atoms. The molecule has 0 aliphatic rings. The number of H-pyrrole nitrogens is 1. The minimum Gasteiger partial charge on any atom is -0.497 e. The fourth-order valence-corrected chi connectivity index (χ4v) is 3.20. The summed E-state index contributed by atoms with van der Waals surface area (Å²) >= 11 is 5.95. The van der Waals surface area contributed by atoms with Crippen LogP contribution in [0.1, 0.15) is 5.69 Å². The molecule has 4 aromatic rings. The predicted octanol–water partition coefficient (Wildman–Crippen LogP) is 4.35. The number of pyridine rings is 1. The van der Waals surface area contributed by atoms with E-state index >= 15 is 0 Å². The molecule has 1 N–H and O–H groups in total. The van der Waals surface area contributed by atoms with Crippen molar-refractivity contribution in [2.24, 2.45) is 0 Å². The molecule has 0 amide bonds. The average molecular weight is 366 g/mol. The highest BCUT2D eigenvalue weighted by Gasteiger charge is 2.16. The van der Waals surface area contributed by atoms with Crippen LogP contribution in [0.15, 0.2) is 59.5 Å². The van der Waals surface area contributed by atoms with Crippen LogP contribution in [-0.2, 0) is 0 Å². The number of halogens is 1. The maximum atomic E-state index is 12.9. The molecule has 2 aromatic heterocycles. The first-order valence-electron chi connectivity index (χ1n) is 8.09. The number of hydrogen-bond acceptors (Lipinski definition) is 3. The van der Waals surface area contributed by atoms with Gasteiger partial charge in [0.15, 0.2) is 0 Å². The van der Waals surface area contributed by atoms with Crippen molar-refractivity contribution < 1.29 is 4.74 Å². The van der Waals surface area contributed by atoms with Crippen molar-refractivity contribution in [1.82, 2.24) is 14.8 Å². The van der Waals surface area contributed by atoms with E-state index in [1.54, 1.807) is 37.6 Å². The van der Waals surface area contributed by atoms with Gasteiger partial charge in [0.25, 0.3) is 5.56 Å². The van der Waals surface area contributed by atoms with Crippen molar-refractivity contribution in [3.8, 4) is 22.6 Å². The summed E-state index contributed by atoms with van der Waals surface area (Å²) < 4.78 is 6.83. The summed E-state index contributed by atoms with van der Waals surface area (Å²) in [6, 6.07) is 14.8. The van der Waals surface area contributed by atoms with Crippen LogP contribution in [0, 0.1) is 6.92 Å². The number of aryl methyl sites for hydroxylation is 1. The Balaban J connectivity index is 1.99. The molecule has 0 bridgehead atoms. The second-order valence-electron chi connectivity index (χ2n) is 5.97. The molecule has 4 rings (SSSR count). The lowest BCUT2D eigenvalue weighted by Crippen LogP contribution is -2.14. The molecule has 0 aliphatic carbocycles. The van der Waals surface area contributed by atoms with Gasteiger partial charge in [0.2, 0.25) is 0 Å². The highest BCUT2D eigenvalue weighted by molar-refractivity contribution is 6.30. The number of rotatable bonds is 3. The number of hydrogen-bond donors (Lipinski definition) is 1. The average Bonchev–Trinajstić information content (AvgIpc) is 2.99. The van der Waals surface area contributed by atoms with Gasteiger partial charge in [-0.3, -0.25) is 14.9 Å². The van der Waals surface area contributed by atoms with E-state index in [4.69, 9.17) is 16.3 Å². The summed E-state index contributed by atoms with van der Waals surface area (Å²) in [5.74, 6) is 0.749. The summed E-state index contributed by atoms with van der Waals surface area (Å²) in [6.45, 7) is 1.92. The Morgan fingerprint density at radius 2 is 1.92 bits per heavy atom. The molecule has 0 radical (unpaired) electrons. The molecule has 2 aromatic carbocycles. The zero-order valence-corrected chi connectivity index (χ0v) is 15.0. The van der Waals surface area contributed by atoms with Gasteiger partial charge in [0.05, 0.1) is 23.7 Å². The Hall–Kier alpha value is -3.05. The van der Waals surface area contributed by atoms with Crippen LogP contribution in [0.5, 0.6) is 5.75 Å². The van der Waals surface area contributed by atoms with E-state index in [2.05, 4.69) is 10.1 Å². The minimum absolute atomic E-state index is 0.154. The number of nitrogens with one attached hydrogen (secondary N) is 1. The molecule has 0 atom stereocenters. The van der Waals surface area contributed by atoms with Crippen LogP contribution >= 0.6 is 11.6 Å². The van der Waals surface area contributed by atoms with E-state index in [1.165, 1.54) is 4.68 Å².